The molecule has 0 radical (unpaired) electrons. The molecule has 0 unspecified atom stereocenters. The standard InChI is InChI=1S/C20H15F2N7O2/c1-29-8-13(16-18(23)25-9-26-19(16)29)17(30)10-4-12(7-24-6-10)27-20(31)28-15-3-2-11(21)5-14(15)22/h2-9H,1H3,(H2,23,25,26)(H2,27,28,31). The molecule has 4 aromatic rings. The molecule has 156 valence electrons. The minimum absolute atomic E-state index is 0.164. The number of aromatic nitrogens is 4. The number of nitrogens with two attached hydrogens (primary N) is 1. The zero-order valence-corrected chi connectivity index (χ0v) is 16.1. The van der Waals surface area contributed by atoms with Gasteiger partial charge in [-0.25, -0.2) is 23.5 Å². The molecule has 1 aromatic carbocycles. The number of hydrogen-bond donors (Lipinski definition) is 3. The number of aryl methyl sites for hydroxylation is 1. The molecule has 2 amide bonds. The Morgan fingerprint density at radius 3 is 2.68 bits per heavy atom. The lowest BCUT2D eigenvalue weighted by atomic mass is 10.1. The molecular formula is C20H15F2N7O2. The van der Waals surface area contributed by atoms with Gasteiger partial charge in [-0.3, -0.25) is 9.78 Å². The number of amides is 2. The first kappa shape index (κ1) is 19.9. The van der Waals surface area contributed by atoms with E-state index in [9.17, 15) is 18.4 Å². The highest BCUT2D eigenvalue weighted by molar-refractivity contribution is 6.18. The fourth-order valence-electron chi connectivity index (χ4n) is 3.07. The van der Waals surface area contributed by atoms with E-state index in [1.54, 1.807) is 17.8 Å². The van der Waals surface area contributed by atoms with Crippen molar-refractivity contribution in [3.63, 3.8) is 0 Å². The van der Waals surface area contributed by atoms with Crippen molar-refractivity contribution in [2.24, 2.45) is 7.05 Å². The van der Waals surface area contributed by atoms with Gasteiger partial charge in [-0.2, -0.15) is 0 Å². The highest BCUT2D eigenvalue weighted by Gasteiger charge is 2.20. The second kappa shape index (κ2) is 7.78. The number of carbonyl (C=O) groups excluding carboxylic acids is 2. The summed E-state index contributed by atoms with van der Waals surface area (Å²) < 4.78 is 28.4. The molecule has 4 rings (SSSR count). The zero-order chi connectivity index (χ0) is 22.1. The SMILES string of the molecule is Cn1cc(C(=O)c2cncc(NC(=O)Nc3ccc(F)cc3F)c2)c2c(N)ncnc21. The Labute approximate surface area is 173 Å². The Bertz CT molecular complexity index is 1340. The molecule has 0 saturated carbocycles. The van der Waals surface area contributed by atoms with Gasteiger partial charge in [-0.1, -0.05) is 0 Å². The van der Waals surface area contributed by atoms with E-state index in [2.05, 4.69) is 25.6 Å². The molecule has 0 bridgehead atoms. The highest BCUT2D eigenvalue weighted by Crippen LogP contribution is 2.26. The summed E-state index contributed by atoms with van der Waals surface area (Å²) in [4.78, 5) is 37.3. The van der Waals surface area contributed by atoms with Crippen molar-refractivity contribution >= 4 is 40.0 Å². The third kappa shape index (κ3) is 3.88. The number of fused-ring (bicyclic) bond motifs is 1. The smallest absolute Gasteiger partial charge is 0.323 e. The first-order valence-electron chi connectivity index (χ1n) is 8.92. The minimum Gasteiger partial charge on any atom is -0.383 e. The summed E-state index contributed by atoms with van der Waals surface area (Å²) >= 11 is 0. The number of pyridine rings is 1. The van der Waals surface area contributed by atoms with Crippen molar-refractivity contribution in [2.75, 3.05) is 16.4 Å². The maximum Gasteiger partial charge on any atom is 0.323 e. The maximum atomic E-state index is 13.7. The molecule has 9 nitrogen and oxygen atoms in total. The van der Waals surface area contributed by atoms with Crippen molar-refractivity contribution in [3.8, 4) is 0 Å². The van der Waals surface area contributed by atoms with Crippen LogP contribution in [0.3, 0.4) is 0 Å². The van der Waals surface area contributed by atoms with Gasteiger partial charge in [0.15, 0.2) is 5.78 Å². The number of hydrogen-bond acceptors (Lipinski definition) is 6. The number of rotatable bonds is 4. The molecule has 0 fully saturated rings. The van der Waals surface area contributed by atoms with Gasteiger partial charge >= 0.3 is 6.03 Å². The lowest BCUT2D eigenvalue weighted by molar-refractivity contribution is 0.103. The molecule has 0 atom stereocenters. The average molecular weight is 423 g/mol. The topological polar surface area (TPSA) is 128 Å². The van der Waals surface area contributed by atoms with Gasteiger partial charge in [0.25, 0.3) is 0 Å². The molecule has 3 aromatic heterocycles. The number of nitrogen functional groups attached to an aromatic ring is 1. The van der Waals surface area contributed by atoms with E-state index in [0.717, 1.165) is 12.1 Å². The van der Waals surface area contributed by atoms with Crippen molar-refractivity contribution in [1.82, 2.24) is 19.5 Å². The van der Waals surface area contributed by atoms with Crippen LogP contribution in [0.5, 0.6) is 0 Å². The Kier molecular flexibility index (Phi) is 4.99. The number of carbonyl (C=O) groups is 2. The van der Waals surface area contributed by atoms with Crippen LogP contribution in [0.15, 0.2) is 49.2 Å². The number of nitrogens with one attached hydrogen (secondary N) is 2. The normalized spacial score (nSPS) is 10.8. The molecule has 3 heterocycles. The van der Waals surface area contributed by atoms with Crippen molar-refractivity contribution < 1.29 is 18.4 Å². The molecule has 0 aliphatic carbocycles. The summed E-state index contributed by atoms with van der Waals surface area (Å²) in [6.07, 6.45) is 5.55. The predicted molar refractivity (Wildman–Crippen MR) is 110 cm³/mol. The van der Waals surface area contributed by atoms with Gasteiger partial charge < -0.3 is 20.9 Å². The molecule has 0 aliphatic rings. The minimum atomic E-state index is -0.923. The summed E-state index contributed by atoms with van der Waals surface area (Å²) in [5.74, 6) is -1.92. The fraction of sp³-hybridized carbons (Fsp3) is 0.0500. The van der Waals surface area contributed by atoms with E-state index >= 15 is 0 Å². The second-order valence-corrected chi connectivity index (χ2v) is 6.61. The van der Waals surface area contributed by atoms with Crippen LogP contribution in [0, 0.1) is 11.6 Å². The Morgan fingerprint density at radius 2 is 1.90 bits per heavy atom. The first-order valence-corrected chi connectivity index (χ1v) is 8.92. The van der Waals surface area contributed by atoms with Crippen LogP contribution < -0.4 is 16.4 Å². The summed E-state index contributed by atoms with van der Waals surface area (Å²) in [5.41, 5.74) is 6.88. The van der Waals surface area contributed by atoms with Gasteiger partial charge in [-0.05, 0) is 18.2 Å². The van der Waals surface area contributed by atoms with Crippen LogP contribution in [-0.4, -0.2) is 31.3 Å². The van der Waals surface area contributed by atoms with Gasteiger partial charge in [-0.15, -0.1) is 0 Å². The van der Waals surface area contributed by atoms with Gasteiger partial charge in [0.05, 0.1) is 28.5 Å². The quantitative estimate of drug-likeness (QED) is 0.433. The maximum absolute atomic E-state index is 13.7. The Hall–Kier alpha value is -4.41. The first-order chi connectivity index (χ1) is 14.8. The number of halogens is 2. The van der Waals surface area contributed by atoms with E-state index in [-0.39, 0.29) is 28.3 Å². The summed E-state index contributed by atoms with van der Waals surface area (Å²) in [6.45, 7) is 0. The molecule has 0 aliphatic heterocycles. The van der Waals surface area contributed by atoms with E-state index in [0.29, 0.717) is 17.1 Å². The molecule has 11 heteroatoms. The molecule has 0 saturated heterocycles. The fourth-order valence-corrected chi connectivity index (χ4v) is 3.07. The van der Waals surface area contributed by atoms with Crippen LogP contribution in [0.2, 0.25) is 0 Å². The summed E-state index contributed by atoms with van der Waals surface area (Å²) in [6, 6.07) is 3.37. The van der Waals surface area contributed by atoms with Gasteiger partial charge in [0.2, 0.25) is 0 Å². The van der Waals surface area contributed by atoms with Crippen LogP contribution in [0.4, 0.5) is 30.8 Å². The number of urea groups is 1. The van der Waals surface area contributed by atoms with E-state index in [1.165, 1.54) is 24.8 Å². The second-order valence-electron chi connectivity index (χ2n) is 6.61. The lowest BCUT2D eigenvalue weighted by Gasteiger charge is -2.09. The summed E-state index contributed by atoms with van der Waals surface area (Å²) in [7, 11) is 1.72. The van der Waals surface area contributed by atoms with Crippen molar-refractivity contribution in [1.29, 1.82) is 0 Å². The summed E-state index contributed by atoms with van der Waals surface area (Å²) in [5, 5.41) is 5.13. The van der Waals surface area contributed by atoms with Crippen molar-refractivity contribution in [2.45, 2.75) is 0 Å². The molecule has 31 heavy (non-hydrogen) atoms. The molecule has 0 spiro atoms. The predicted octanol–water partition coefficient (Wildman–Crippen LogP) is 3.10. The Morgan fingerprint density at radius 1 is 1.10 bits per heavy atom. The molecule has 4 N–H and O–H groups in total. The van der Waals surface area contributed by atoms with Crippen molar-refractivity contribution in [3.05, 3.63) is 71.9 Å². The molecular weight excluding hydrogens is 408 g/mol. The Balaban J connectivity index is 1.57. The van der Waals surface area contributed by atoms with E-state index in [4.69, 9.17) is 5.73 Å². The number of nitrogens with zero attached hydrogens (tertiary/aromatic N) is 4. The van der Waals surface area contributed by atoms with Crippen LogP contribution in [0.1, 0.15) is 15.9 Å². The number of ketones is 1. The largest absolute Gasteiger partial charge is 0.383 e. The van der Waals surface area contributed by atoms with Gasteiger partial charge in [0, 0.05) is 31.1 Å². The number of benzene rings is 1. The third-order valence-electron chi connectivity index (χ3n) is 4.47. The van der Waals surface area contributed by atoms with E-state index in [1.807, 2.05) is 0 Å². The number of anilines is 3. The zero-order valence-electron chi connectivity index (χ0n) is 16.1. The van der Waals surface area contributed by atoms with E-state index < -0.39 is 23.4 Å². The van der Waals surface area contributed by atoms with Crippen LogP contribution in [0.25, 0.3) is 11.0 Å². The lowest BCUT2D eigenvalue weighted by Crippen LogP contribution is -2.20. The van der Waals surface area contributed by atoms with Crippen LogP contribution in [-0.2, 0) is 7.05 Å². The van der Waals surface area contributed by atoms with Gasteiger partial charge in [0.1, 0.15) is 29.4 Å². The third-order valence-corrected chi connectivity index (χ3v) is 4.47. The average Bonchev–Trinajstić information content (AvgIpc) is 3.08. The highest BCUT2D eigenvalue weighted by atomic mass is 19.1. The monoisotopic (exact) mass is 423 g/mol. The van der Waals surface area contributed by atoms with Crippen LogP contribution >= 0.6 is 0 Å².